The highest BCUT2D eigenvalue weighted by molar-refractivity contribution is 5.56. The average molecular weight is 284 g/mol. The number of benzene rings is 1. The Morgan fingerprint density at radius 2 is 1.90 bits per heavy atom. The largest absolute Gasteiger partial charge is 0.370 e. The van der Waals surface area contributed by atoms with Crippen molar-refractivity contribution in [2.24, 2.45) is 0 Å². The summed E-state index contributed by atoms with van der Waals surface area (Å²) in [5.41, 5.74) is 3.18. The van der Waals surface area contributed by atoms with Gasteiger partial charge in [0.05, 0.1) is 0 Å². The van der Waals surface area contributed by atoms with Crippen molar-refractivity contribution >= 4 is 17.5 Å². The second kappa shape index (κ2) is 7.62. The van der Waals surface area contributed by atoms with Gasteiger partial charge in [-0.3, -0.25) is 0 Å². The summed E-state index contributed by atoms with van der Waals surface area (Å²) in [5.74, 6) is 1.52. The third-order valence-electron chi connectivity index (χ3n) is 3.21. The first-order valence-electron chi connectivity index (χ1n) is 7.60. The van der Waals surface area contributed by atoms with Crippen LogP contribution >= 0.6 is 0 Å². The fourth-order valence-corrected chi connectivity index (χ4v) is 2.16. The Kier molecular flexibility index (Phi) is 5.55. The molecule has 0 fully saturated rings. The van der Waals surface area contributed by atoms with E-state index in [4.69, 9.17) is 0 Å². The zero-order chi connectivity index (χ0) is 15.1. The first-order chi connectivity index (χ1) is 10.2. The van der Waals surface area contributed by atoms with Crippen molar-refractivity contribution in [3.8, 4) is 0 Å². The monoisotopic (exact) mass is 284 g/mol. The molecular formula is C17H24N4. The van der Waals surface area contributed by atoms with Crippen LogP contribution in [0.5, 0.6) is 0 Å². The van der Waals surface area contributed by atoms with Crippen molar-refractivity contribution in [1.29, 1.82) is 0 Å². The van der Waals surface area contributed by atoms with E-state index >= 15 is 0 Å². The minimum Gasteiger partial charge on any atom is -0.370 e. The predicted octanol–water partition coefficient (Wildman–Crippen LogP) is 4.44. The Balaban J connectivity index is 2.04. The summed E-state index contributed by atoms with van der Waals surface area (Å²) in [4.78, 5) is 8.96. The quantitative estimate of drug-likeness (QED) is 0.738. The van der Waals surface area contributed by atoms with Crippen LogP contribution in [0.3, 0.4) is 0 Å². The van der Waals surface area contributed by atoms with Gasteiger partial charge < -0.3 is 10.6 Å². The second-order valence-corrected chi connectivity index (χ2v) is 5.35. The summed E-state index contributed by atoms with van der Waals surface area (Å²) in [6.45, 7) is 7.22. The number of unbranched alkanes of at least 4 members (excludes halogenated alkanes) is 2. The molecule has 2 rings (SSSR count). The SMILES string of the molecule is CCCCCNc1cc(C)nc(Nc2cccc(C)c2)n1. The van der Waals surface area contributed by atoms with Gasteiger partial charge in [-0.2, -0.15) is 4.98 Å². The van der Waals surface area contributed by atoms with Crippen LogP contribution in [0.15, 0.2) is 30.3 Å². The summed E-state index contributed by atoms with van der Waals surface area (Å²) < 4.78 is 0. The third kappa shape index (κ3) is 5.06. The molecule has 0 saturated carbocycles. The Morgan fingerprint density at radius 3 is 2.67 bits per heavy atom. The number of hydrogen-bond donors (Lipinski definition) is 2. The number of aromatic nitrogens is 2. The van der Waals surface area contributed by atoms with Crippen LogP contribution in [0.4, 0.5) is 17.5 Å². The number of hydrogen-bond acceptors (Lipinski definition) is 4. The van der Waals surface area contributed by atoms with Crippen LogP contribution in [-0.2, 0) is 0 Å². The molecule has 4 nitrogen and oxygen atoms in total. The number of rotatable bonds is 7. The van der Waals surface area contributed by atoms with E-state index in [9.17, 15) is 0 Å². The Hall–Kier alpha value is -2.10. The summed E-state index contributed by atoms with van der Waals surface area (Å²) in [6, 6.07) is 10.2. The molecule has 1 aromatic heterocycles. The van der Waals surface area contributed by atoms with Gasteiger partial charge in [-0.05, 0) is 38.0 Å². The van der Waals surface area contributed by atoms with Gasteiger partial charge in [0.15, 0.2) is 0 Å². The molecule has 1 aromatic carbocycles. The lowest BCUT2D eigenvalue weighted by atomic mass is 10.2. The molecule has 2 N–H and O–H groups in total. The van der Waals surface area contributed by atoms with Crippen LogP contribution in [0.2, 0.25) is 0 Å². The van der Waals surface area contributed by atoms with E-state index < -0.39 is 0 Å². The van der Waals surface area contributed by atoms with E-state index in [1.54, 1.807) is 0 Å². The molecule has 0 saturated heterocycles. The molecule has 4 heteroatoms. The van der Waals surface area contributed by atoms with Crippen molar-refractivity contribution < 1.29 is 0 Å². The number of nitrogens with zero attached hydrogens (tertiary/aromatic N) is 2. The fraction of sp³-hybridized carbons (Fsp3) is 0.412. The highest BCUT2D eigenvalue weighted by atomic mass is 15.1. The molecule has 0 aliphatic heterocycles. The Morgan fingerprint density at radius 1 is 1.05 bits per heavy atom. The van der Waals surface area contributed by atoms with Gasteiger partial charge in [-0.15, -0.1) is 0 Å². The van der Waals surface area contributed by atoms with Crippen LogP contribution in [-0.4, -0.2) is 16.5 Å². The molecule has 0 amide bonds. The smallest absolute Gasteiger partial charge is 0.229 e. The molecule has 1 heterocycles. The lowest BCUT2D eigenvalue weighted by Crippen LogP contribution is -2.06. The van der Waals surface area contributed by atoms with Crippen LogP contribution in [0.1, 0.15) is 37.4 Å². The second-order valence-electron chi connectivity index (χ2n) is 5.35. The minimum atomic E-state index is 0.638. The molecule has 21 heavy (non-hydrogen) atoms. The molecule has 0 atom stereocenters. The molecule has 0 radical (unpaired) electrons. The molecule has 0 aliphatic rings. The van der Waals surface area contributed by atoms with Crippen molar-refractivity contribution in [2.75, 3.05) is 17.2 Å². The number of anilines is 3. The molecule has 2 aromatic rings. The van der Waals surface area contributed by atoms with Gasteiger partial charge in [-0.25, -0.2) is 4.98 Å². The maximum Gasteiger partial charge on any atom is 0.229 e. The summed E-state index contributed by atoms with van der Waals surface area (Å²) >= 11 is 0. The molecule has 0 bridgehead atoms. The molecular weight excluding hydrogens is 260 g/mol. The zero-order valence-electron chi connectivity index (χ0n) is 13.1. The maximum absolute atomic E-state index is 4.52. The van der Waals surface area contributed by atoms with Gasteiger partial charge in [0.25, 0.3) is 0 Å². The van der Waals surface area contributed by atoms with Gasteiger partial charge in [0.1, 0.15) is 5.82 Å². The third-order valence-corrected chi connectivity index (χ3v) is 3.21. The summed E-state index contributed by atoms with van der Waals surface area (Å²) in [7, 11) is 0. The van der Waals surface area contributed by atoms with Gasteiger partial charge >= 0.3 is 0 Å². The van der Waals surface area contributed by atoms with Gasteiger partial charge in [0, 0.05) is 24.0 Å². The van der Waals surface area contributed by atoms with E-state index in [1.807, 2.05) is 25.1 Å². The molecule has 0 unspecified atom stereocenters. The van der Waals surface area contributed by atoms with E-state index in [1.165, 1.54) is 24.8 Å². The Bertz CT molecular complexity index is 581. The highest BCUT2D eigenvalue weighted by Crippen LogP contribution is 2.16. The first-order valence-corrected chi connectivity index (χ1v) is 7.60. The van der Waals surface area contributed by atoms with Crippen molar-refractivity contribution in [3.63, 3.8) is 0 Å². The van der Waals surface area contributed by atoms with E-state index in [0.717, 1.165) is 23.7 Å². The molecule has 112 valence electrons. The fourth-order valence-electron chi connectivity index (χ4n) is 2.16. The van der Waals surface area contributed by atoms with Crippen molar-refractivity contribution in [3.05, 3.63) is 41.6 Å². The lowest BCUT2D eigenvalue weighted by molar-refractivity contribution is 0.742. The van der Waals surface area contributed by atoms with E-state index in [-0.39, 0.29) is 0 Å². The Labute approximate surface area is 127 Å². The standard InChI is InChI=1S/C17H24N4/c1-4-5-6-10-18-16-12-14(3)19-17(21-16)20-15-9-7-8-13(2)11-15/h7-9,11-12H,4-6,10H2,1-3H3,(H2,18,19,20,21). The predicted molar refractivity (Wildman–Crippen MR) is 89.2 cm³/mol. The van der Waals surface area contributed by atoms with Gasteiger partial charge in [0.2, 0.25) is 5.95 Å². The van der Waals surface area contributed by atoms with Crippen molar-refractivity contribution in [1.82, 2.24) is 9.97 Å². The number of nitrogens with one attached hydrogen (secondary N) is 2. The van der Waals surface area contributed by atoms with E-state index in [0.29, 0.717) is 5.95 Å². The first kappa shape index (κ1) is 15.3. The lowest BCUT2D eigenvalue weighted by Gasteiger charge is -2.10. The van der Waals surface area contributed by atoms with Crippen LogP contribution in [0, 0.1) is 13.8 Å². The topological polar surface area (TPSA) is 49.8 Å². The average Bonchev–Trinajstić information content (AvgIpc) is 2.43. The van der Waals surface area contributed by atoms with E-state index in [2.05, 4.69) is 46.6 Å². The number of aryl methyl sites for hydroxylation is 2. The zero-order valence-corrected chi connectivity index (χ0v) is 13.1. The molecule has 0 spiro atoms. The van der Waals surface area contributed by atoms with Crippen LogP contribution in [0.25, 0.3) is 0 Å². The molecule has 0 aliphatic carbocycles. The summed E-state index contributed by atoms with van der Waals surface area (Å²) in [6.07, 6.45) is 3.64. The minimum absolute atomic E-state index is 0.638. The summed E-state index contributed by atoms with van der Waals surface area (Å²) in [5, 5.41) is 6.63. The van der Waals surface area contributed by atoms with Crippen molar-refractivity contribution in [2.45, 2.75) is 40.0 Å². The van der Waals surface area contributed by atoms with Gasteiger partial charge in [-0.1, -0.05) is 31.9 Å². The normalized spacial score (nSPS) is 10.4. The highest BCUT2D eigenvalue weighted by Gasteiger charge is 2.03. The van der Waals surface area contributed by atoms with Crippen LogP contribution < -0.4 is 10.6 Å². The maximum atomic E-state index is 4.52.